The largest absolute Gasteiger partial charge is 0.493 e. The highest BCUT2D eigenvalue weighted by Crippen LogP contribution is 2.38. The lowest BCUT2D eigenvalue weighted by Crippen LogP contribution is -2.19. The van der Waals surface area contributed by atoms with Crippen molar-refractivity contribution in [3.63, 3.8) is 0 Å². The number of hydrogen-bond acceptors (Lipinski definition) is 5. The van der Waals surface area contributed by atoms with E-state index in [1.807, 2.05) is 19.1 Å². The maximum atomic E-state index is 12.4. The highest BCUT2D eigenvalue weighted by molar-refractivity contribution is 14.1. The van der Waals surface area contributed by atoms with Crippen LogP contribution in [0, 0.1) is 3.57 Å². The first-order valence-electron chi connectivity index (χ1n) is 9.10. The summed E-state index contributed by atoms with van der Waals surface area (Å²) in [4.78, 5) is 17.4. The number of methoxy groups -OCH3 is 1. The second-order valence-corrected chi connectivity index (χ2v) is 9.40. The van der Waals surface area contributed by atoms with Crippen LogP contribution in [-0.2, 0) is 4.79 Å². The Labute approximate surface area is 203 Å². The highest BCUT2D eigenvalue weighted by atomic mass is 127. The first-order chi connectivity index (χ1) is 14.3. The second-order valence-electron chi connectivity index (χ2n) is 6.43. The quantitative estimate of drug-likeness (QED) is 0.308. The Hall–Kier alpha value is -1.42. The highest BCUT2D eigenvalue weighted by Gasteiger charge is 2.25. The molecule has 2 aromatic rings. The summed E-state index contributed by atoms with van der Waals surface area (Å²) < 4.78 is 12.4. The molecular weight excluding hydrogens is 558 g/mol. The van der Waals surface area contributed by atoms with Crippen molar-refractivity contribution in [2.24, 2.45) is 4.99 Å². The van der Waals surface area contributed by atoms with Gasteiger partial charge >= 0.3 is 0 Å². The Kier molecular flexibility index (Phi) is 7.95. The van der Waals surface area contributed by atoms with E-state index in [0.29, 0.717) is 37.3 Å². The van der Waals surface area contributed by atoms with Gasteiger partial charge in [-0.15, -0.1) is 0 Å². The Balaban J connectivity index is 1.88. The maximum Gasteiger partial charge on any atom is 0.264 e. The van der Waals surface area contributed by atoms with E-state index in [0.717, 1.165) is 15.6 Å². The minimum atomic E-state index is -0.231. The zero-order chi connectivity index (χ0) is 21.8. The molecule has 1 atom stereocenters. The van der Waals surface area contributed by atoms with Gasteiger partial charge < -0.3 is 14.8 Å². The fourth-order valence-corrected chi connectivity index (χ4v) is 4.47. The van der Waals surface area contributed by atoms with E-state index >= 15 is 0 Å². The van der Waals surface area contributed by atoms with Gasteiger partial charge in [0.1, 0.15) is 0 Å². The summed E-state index contributed by atoms with van der Waals surface area (Å²) in [6.07, 6.45) is 2.75. The molecule has 0 saturated carbocycles. The van der Waals surface area contributed by atoms with Crippen LogP contribution in [0.25, 0.3) is 6.08 Å². The number of thioether (sulfide) groups is 1. The van der Waals surface area contributed by atoms with Gasteiger partial charge in [-0.25, -0.2) is 4.99 Å². The molecule has 1 amide bonds. The molecule has 1 aliphatic heterocycles. The predicted octanol–water partition coefficient (Wildman–Crippen LogP) is 6.68. The molecule has 2 aromatic carbocycles. The molecule has 0 radical (unpaired) electrons. The van der Waals surface area contributed by atoms with Crippen LogP contribution >= 0.6 is 57.6 Å². The van der Waals surface area contributed by atoms with Crippen LogP contribution in [0.15, 0.2) is 40.2 Å². The van der Waals surface area contributed by atoms with Crippen LogP contribution in [-0.4, -0.2) is 24.3 Å². The molecule has 1 saturated heterocycles. The summed E-state index contributed by atoms with van der Waals surface area (Å²) >= 11 is 15.7. The average Bonchev–Trinajstić information content (AvgIpc) is 3.05. The number of nitrogens with zero attached hydrogens (tertiary/aromatic N) is 1. The van der Waals surface area contributed by atoms with Crippen molar-refractivity contribution >= 4 is 80.4 Å². The third-order valence-corrected chi connectivity index (χ3v) is 6.77. The zero-order valence-electron chi connectivity index (χ0n) is 16.5. The third kappa shape index (κ3) is 5.43. The molecule has 3 rings (SSSR count). The molecule has 1 heterocycles. The van der Waals surface area contributed by atoms with Crippen molar-refractivity contribution in [1.29, 1.82) is 0 Å². The maximum absolute atomic E-state index is 12.4. The van der Waals surface area contributed by atoms with E-state index in [4.69, 9.17) is 32.7 Å². The minimum Gasteiger partial charge on any atom is -0.493 e. The smallest absolute Gasteiger partial charge is 0.264 e. The first-order valence-corrected chi connectivity index (χ1v) is 11.7. The third-order valence-electron chi connectivity index (χ3n) is 4.25. The van der Waals surface area contributed by atoms with Crippen LogP contribution in [0.4, 0.5) is 5.69 Å². The second kappa shape index (κ2) is 10.3. The van der Waals surface area contributed by atoms with Crippen molar-refractivity contribution in [3.05, 3.63) is 54.4 Å². The molecule has 1 aliphatic rings. The van der Waals surface area contributed by atoms with Crippen molar-refractivity contribution in [1.82, 2.24) is 5.32 Å². The van der Waals surface area contributed by atoms with Crippen molar-refractivity contribution in [3.8, 4) is 11.5 Å². The van der Waals surface area contributed by atoms with Crippen LogP contribution in [0.5, 0.6) is 11.5 Å². The summed E-state index contributed by atoms with van der Waals surface area (Å²) in [5, 5.41) is 3.94. The molecule has 30 heavy (non-hydrogen) atoms. The summed E-state index contributed by atoms with van der Waals surface area (Å²) in [6.45, 7) is 4.08. The number of hydrogen-bond donors (Lipinski definition) is 1. The molecule has 0 aromatic heterocycles. The van der Waals surface area contributed by atoms with Gasteiger partial charge in [-0.3, -0.25) is 4.79 Å². The Morgan fingerprint density at radius 2 is 2.10 bits per heavy atom. The number of rotatable bonds is 6. The van der Waals surface area contributed by atoms with Crippen LogP contribution in [0.2, 0.25) is 10.0 Å². The summed E-state index contributed by atoms with van der Waals surface area (Å²) in [6, 6.07) is 8.97. The van der Waals surface area contributed by atoms with Gasteiger partial charge in [-0.2, -0.15) is 0 Å². The fraction of sp³-hybridized carbons (Fsp3) is 0.238. The number of aliphatic imine (C=N–C) groups is 1. The lowest BCUT2D eigenvalue weighted by Gasteiger charge is -2.17. The average molecular weight is 577 g/mol. The number of benzene rings is 2. The van der Waals surface area contributed by atoms with Crippen LogP contribution < -0.4 is 14.8 Å². The van der Waals surface area contributed by atoms with Gasteiger partial charge in [0.15, 0.2) is 16.7 Å². The van der Waals surface area contributed by atoms with E-state index in [9.17, 15) is 4.79 Å². The van der Waals surface area contributed by atoms with Gasteiger partial charge in [0.25, 0.3) is 5.91 Å². The SMILES string of the molecule is CCC(C)Oc1c(I)cc(/C=C2/SC(=Nc3cccc(Cl)c3Cl)NC2=O)cc1OC. The van der Waals surface area contributed by atoms with E-state index in [-0.39, 0.29) is 12.0 Å². The van der Waals surface area contributed by atoms with E-state index in [2.05, 4.69) is 39.8 Å². The topological polar surface area (TPSA) is 59.9 Å². The van der Waals surface area contributed by atoms with Gasteiger partial charge in [0.05, 0.1) is 37.4 Å². The Morgan fingerprint density at radius 3 is 2.80 bits per heavy atom. The first kappa shape index (κ1) is 23.2. The van der Waals surface area contributed by atoms with Gasteiger partial charge in [-0.1, -0.05) is 36.2 Å². The Bertz CT molecular complexity index is 1040. The number of amidine groups is 1. The number of ether oxygens (including phenoxy) is 2. The lowest BCUT2D eigenvalue weighted by atomic mass is 10.2. The van der Waals surface area contributed by atoms with Crippen LogP contribution in [0.1, 0.15) is 25.8 Å². The number of halogens is 3. The molecule has 1 unspecified atom stereocenters. The Morgan fingerprint density at radius 1 is 1.33 bits per heavy atom. The van der Waals surface area contributed by atoms with E-state index in [1.165, 1.54) is 11.8 Å². The van der Waals surface area contributed by atoms with Crippen molar-refractivity contribution in [2.75, 3.05) is 7.11 Å². The summed E-state index contributed by atoms with van der Waals surface area (Å²) in [7, 11) is 1.60. The van der Waals surface area contributed by atoms with Gasteiger partial charge in [-0.05, 0) is 83.6 Å². The predicted molar refractivity (Wildman–Crippen MR) is 133 cm³/mol. The summed E-state index contributed by atoms with van der Waals surface area (Å²) in [5.74, 6) is 1.10. The lowest BCUT2D eigenvalue weighted by molar-refractivity contribution is -0.115. The number of nitrogens with one attached hydrogen (secondary N) is 1. The molecular formula is C21H19Cl2IN2O3S. The summed E-state index contributed by atoms with van der Waals surface area (Å²) in [5.41, 5.74) is 1.32. The molecule has 1 N–H and O–H groups in total. The van der Waals surface area contributed by atoms with Gasteiger partial charge in [0, 0.05) is 0 Å². The zero-order valence-corrected chi connectivity index (χ0v) is 20.9. The normalized spacial score (nSPS) is 17.3. The van der Waals surface area contributed by atoms with Gasteiger partial charge in [0.2, 0.25) is 0 Å². The standard InChI is InChI=1S/C21H19Cl2IN2O3S/c1-4-11(2)29-19-14(24)8-12(9-16(19)28-3)10-17-20(27)26-21(30-17)25-15-7-5-6-13(22)18(15)23/h5-11H,4H2,1-3H3,(H,25,26,27)/b17-10+. The monoisotopic (exact) mass is 576 g/mol. The number of carbonyl (C=O) groups excluding carboxylic acids is 1. The molecule has 9 heteroatoms. The molecule has 0 bridgehead atoms. The minimum absolute atomic E-state index is 0.0740. The fourth-order valence-electron chi connectivity index (χ4n) is 2.54. The van der Waals surface area contributed by atoms with E-state index < -0.39 is 0 Å². The molecule has 1 fully saturated rings. The van der Waals surface area contributed by atoms with Crippen molar-refractivity contribution < 1.29 is 14.3 Å². The van der Waals surface area contributed by atoms with Crippen molar-refractivity contribution in [2.45, 2.75) is 26.4 Å². The van der Waals surface area contributed by atoms with E-state index in [1.54, 1.807) is 31.4 Å². The van der Waals surface area contributed by atoms with Crippen LogP contribution in [0.3, 0.4) is 0 Å². The molecule has 0 aliphatic carbocycles. The molecule has 158 valence electrons. The molecule has 5 nitrogen and oxygen atoms in total. The number of amides is 1. The number of carbonyl (C=O) groups is 1. The molecule has 0 spiro atoms.